The van der Waals surface area contributed by atoms with Crippen LogP contribution >= 0.6 is 11.6 Å². The molecule has 35 heavy (non-hydrogen) atoms. The molecule has 0 bridgehead atoms. The summed E-state index contributed by atoms with van der Waals surface area (Å²) in [5, 5.41) is 21.9. The van der Waals surface area contributed by atoms with Gasteiger partial charge in [0.15, 0.2) is 0 Å². The number of hydrogen-bond donors (Lipinski definition) is 2. The van der Waals surface area contributed by atoms with Crippen LogP contribution in [-0.2, 0) is 6.42 Å². The van der Waals surface area contributed by atoms with E-state index in [4.69, 9.17) is 16.3 Å². The highest BCUT2D eigenvalue weighted by Gasteiger charge is 2.57. The van der Waals surface area contributed by atoms with Gasteiger partial charge in [-0.25, -0.2) is 0 Å². The second kappa shape index (κ2) is 9.28. The Morgan fingerprint density at radius 1 is 1.06 bits per heavy atom. The Morgan fingerprint density at radius 2 is 1.83 bits per heavy atom. The minimum absolute atomic E-state index is 0.0467. The predicted molar refractivity (Wildman–Crippen MR) is 139 cm³/mol. The number of aliphatic hydroxyl groups excluding tert-OH is 1. The first-order valence-electron chi connectivity index (χ1n) is 13.6. The fraction of sp³-hybridized carbons (Fsp3) is 0.600. The SMILES string of the molecule is C[C@]12C[C@H](c3ccc(OCCN4CCCC4)cc3)[C@@H]3c4ccc(O)c(Cl)c4CC[C@H]3[C@@H]1CC[C@@H]2O. The van der Waals surface area contributed by atoms with E-state index >= 15 is 0 Å². The van der Waals surface area contributed by atoms with Gasteiger partial charge in [-0.15, -0.1) is 0 Å². The summed E-state index contributed by atoms with van der Waals surface area (Å²) in [7, 11) is 0. The lowest BCUT2D eigenvalue weighted by molar-refractivity contribution is -0.0322. The number of phenolic OH excluding ortho intramolecular Hbond substituents is 1. The minimum Gasteiger partial charge on any atom is -0.506 e. The van der Waals surface area contributed by atoms with Crippen LogP contribution in [0.5, 0.6) is 11.5 Å². The molecule has 188 valence electrons. The molecule has 2 aromatic rings. The summed E-state index contributed by atoms with van der Waals surface area (Å²) in [6.07, 6.45) is 7.36. The fourth-order valence-electron chi connectivity index (χ4n) is 8.15. The van der Waals surface area contributed by atoms with Crippen molar-refractivity contribution in [1.82, 2.24) is 4.90 Å². The highest BCUT2D eigenvalue weighted by molar-refractivity contribution is 6.32. The number of nitrogens with zero attached hydrogens (tertiary/aromatic N) is 1. The van der Waals surface area contributed by atoms with Crippen molar-refractivity contribution in [3.63, 3.8) is 0 Å². The molecule has 0 unspecified atom stereocenters. The average molecular weight is 496 g/mol. The molecular weight excluding hydrogens is 458 g/mol. The predicted octanol–water partition coefficient (Wildman–Crippen LogP) is 6.13. The lowest BCUT2D eigenvalue weighted by Gasteiger charge is -2.54. The number of fused-ring (bicyclic) bond motifs is 5. The summed E-state index contributed by atoms with van der Waals surface area (Å²) in [5.41, 5.74) is 3.71. The largest absolute Gasteiger partial charge is 0.506 e. The van der Waals surface area contributed by atoms with Gasteiger partial charge in [0.25, 0.3) is 0 Å². The monoisotopic (exact) mass is 495 g/mol. The Hall–Kier alpha value is -1.75. The van der Waals surface area contributed by atoms with E-state index in [0.717, 1.165) is 56.6 Å². The zero-order valence-corrected chi connectivity index (χ0v) is 21.5. The number of aliphatic hydroxyl groups is 1. The van der Waals surface area contributed by atoms with Crippen LogP contribution in [0.2, 0.25) is 5.02 Å². The topological polar surface area (TPSA) is 52.9 Å². The van der Waals surface area contributed by atoms with Crippen LogP contribution < -0.4 is 4.74 Å². The smallest absolute Gasteiger partial charge is 0.134 e. The van der Waals surface area contributed by atoms with Crippen molar-refractivity contribution in [2.24, 2.45) is 17.3 Å². The van der Waals surface area contributed by atoms with Crippen molar-refractivity contribution in [3.05, 3.63) is 58.1 Å². The van der Waals surface area contributed by atoms with Gasteiger partial charge >= 0.3 is 0 Å². The number of rotatable bonds is 5. The van der Waals surface area contributed by atoms with Crippen LogP contribution in [0.3, 0.4) is 0 Å². The summed E-state index contributed by atoms with van der Waals surface area (Å²) in [4.78, 5) is 2.48. The Labute approximate surface area is 214 Å². The first kappa shape index (κ1) is 23.6. The lowest BCUT2D eigenvalue weighted by Crippen LogP contribution is -2.47. The number of phenols is 1. The second-order valence-electron chi connectivity index (χ2n) is 11.7. The van der Waals surface area contributed by atoms with Gasteiger partial charge in [-0.3, -0.25) is 4.90 Å². The number of benzene rings is 2. The molecule has 3 fully saturated rings. The van der Waals surface area contributed by atoms with Gasteiger partial charge in [0.05, 0.1) is 11.1 Å². The molecule has 6 atom stereocenters. The molecule has 2 aromatic carbocycles. The van der Waals surface area contributed by atoms with Crippen molar-refractivity contribution in [3.8, 4) is 11.5 Å². The Balaban J connectivity index is 1.29. The van der Waals surface area contributed by atoms with Crippen molar-refractivity contribution in [2.45, 2.75) is 69.8 Å². The van der Waals surface area contributed by atoms with Crippen molar-refractivity contribution in [2.75, 3.05) is 26.2 Å². The molecule has 1 heterocycles. The molecule has 5 heteroatoms. The maximum Gasteiger partial charge on any atom is 0.134 e. The van der Waals surface area contributed by atoms with E-state index in [1.54, 1.807) is 6.07 Å². The highest BCUT2D eigenvalue weighted by atomic mass is 35.5. The van der Waals surface area contributed by atoms with Crippen LogP contribution in [-0.4, -0.2) is 47.5 Å². The van der Waals surface area contributed by atoms with E-state index in [1.165, 1.54) is 37.1 Å². The summed E-state index contributed by atoms with van der Waals surface area (Å²) >= 11 is 6.60. The normalized spacial score (nSPS) is 34.3. The van der Waals surface area contributed by atoms with Gasteiger partial charge in [0.1, 0.15) is 18.1 Å². The molecule has 2 N–H and O–H groups in total. The second-order valence-corrected chi connectivity index (χ2v) is 12.1. The molecular formula is C30H38ClNO3. The third kappa shape index (κ3) is 4.06. The average Bonchev–Trinajstić information content (AvgIpc) is 3.49. The highest BCUT2D eigenvalue weighted by Crippen LogP contribution is 2.65. The van der Waals surface area contributed by atoms with Crippen molar-refractivity contribution < 1.29 is 14.9 Å². The first-order valence-corrected chi connectivity index (χ1v) is 14.0. The van der Waals surface area contributed by atoms with E-state index in [0.29, 0.717) is 28.7 Å². The number of ether oxygens (including phenoxy) is 1. The maximum atomic E-state index is 11.1. The molecule has 1 aliphatic heterocycles. The number of hydrogen-bond acceptors (Lipinski definition) is 4. The van der Waals surface area contributed by atoms with Crippen LogP contribution in [0.4, 0.5) is 0 Å². The summed E-state index contributed by atoms with van der Waals surface area (Å²) < 4.78 is 6.08. The lowest BCUT2D eigenvalue weighted by atomic mass is 9.51. The molecule has 0 spiro atoms. The van der Waals surface area contributed by atoms with Gasteiger partial charge < -0.3 is 14.9 Å². The first-order chi connectivity index (χ1) is 17.0. The number of likely N-dealkylation sites (tertiary alicyclic amines) is 1. The minimum atomic E-state index is -0.228. The quantitative estimate of drug-likeness (QED) is 0.523. The molecule has 0 aromatic heterocycles. The molecule has 4 nitrogen and oxygen atoms in total. The van der Waals surface area contributed by atoms with E-state index < -0.39 is 0 Å². The third-order valence-electron chi connectivity index (χ3n) is 9.96. The molecule has 2 saturated carbocycles. The number of aromatic hydroxyl groups is 1. The number of halogens is 1. The Bertz CT molecular complexity index is 1070. The van der Waals surface area contributed by atoms with Crippen molar-refractivity contribution >= 4 is 11.6 Å². The zero-order chi connectivity index (χ0) is 24.2. The Morgan fingerprint density at radius 3 is 2.60 bits per heavy atom. The van der Waals surface area contributed by atoms with Crippen LogP contribution in [0, 0.1) is 17.3 Å². The molecule has 6 rings (SSSR count). The van der Waals surface area contributed by atoms with Gasteiger partial charge in [0.2, 0.25) is 0 Å². The molecule has 0 amide bonds. The van der Waals surface area contributed by atoms with Gasteiger partial charge in [0, 0.05) is 6.54 Å². The summed E-state index contributed by atoms with van der Waals surface area (Å²) in [5.74, 6) is 2.86. The van der Waals surface area contributed by atoms with Gasteiger partial charge in [-0.1, -0.05) is 36.7 Å². The van der Waals surface area contributed by atoms with Crippen molar-refractivity contribution in [1.29, 1.82) is 0 Å². The summed E-state index contributed by atoms with van der Waals surface area (Å²) in [6.45, 7) is 6.45. The standard InChI is InChI=1S/C30H38ClNO3/c1-30-18-24(19-4-6-20(7-5-19)35-17-16-32-14-2-3-15-32)28-21-10-12-26(33)29(31)22(21)8-9-23(28)25(30)11-13-27(30)34/h4-7,10,12,23-25,27-28,33-34H,2-3,8-9,11,13-18H2,1H3/t23-,24+,25-,27-,28+,30-/m0/s1. The van der Waals surface area contributed by atoms with Crippen LogP contribution in [0.15, 0.2) is 36.4 Å². The third-order valence-corrected chi connectivity index (χ3v) is 10.4. The van der Waals surface area contributed by atoms with E-state index in [9.17, 15) is 10.2 Å². The van der Waals surface area contributed by atoms with Crippen LogP contribution in [0.1, 0.15) is 74.0 Å². The fourth-order valence-corrected chi connectivity index (χ4v) is 8.42. The van der Waals surface area contributed by atoms with Gasteiger partial charge in [-0.2, -0.15) is 0 Å². The van der Waals surface area contributed by atoms with E-state index in [1.807, 2.05) is 0 Å². The molecule has 3 aliphatic carbocycles. The van der Waals surface area contributed by atoms with Crippen LogP contribution in [0.25, 0.3) is 0 Å². The zero-order valence-electron chi connectivity index (χ0n) is 20.8. The van der Waals surface area contributed by atoms with Gasteiger partial charge in [-0.05, 0) is 122 Å². The molecule has 0 radical (unpaired) electrons. The summed E-state index contributed by atoms with van der Waals surface area (Å²) in [6, 6.07) is 12.6. The Kier molecular flexibility index (Phi) is 6.27. The van der Waals surface area contributed by atoms with E-state index in [2.05, 4.69) is 42.2 Å². The molecule has 4 aliphatic rings. The maximum absolute atomic E-state index is 11.1. The molecule has 1 saturated heterocycles. The van der Waals surface area contributed by atoms with E-state index in [-0.39, 0.29) is 17.3 Å².